The summed E-state index contributed by atoms with van der Waals surface area (Å²) < 4.78 is 0. The van der Waals surface area contributed by atoms with E-state index >= 15 is 0 Å². The van der Waals surface area contributed by atoms with Crippen LogP contribution in [0.1, 0.15) is 58.3 Å². The zero-order chi connectivity index (χ0) is 11.2. The van der Waals surface area contributed by atoms with Gasteiger partial charge in [0.05, 0.1) is 6.67 Å². The van der Waals surface area contributed by atoms with E-state index in [9.17, 15) is 0 Å². The summed E-state index contributed by atoms with van der Waals surface area (Å²) in [6.07, 6.45) is 11.4. The highest BCUT2D eigenvalue weighted by Crippen LogP contribution is 2.23. The number of unbranched alkanes of at least 4 members (excludes halogenated alkanes) is 4. The van der Waals surface area contributed by atoms with Crippen LogP contribution < -0.4 is 0 Å². The molecule has 94 valence electrons. The van der Waals surface area contributed by atoms with E-state index in [2.05, 4.69) is 16.7 Å². The maximum absolute atomic E-state index is 2.70. The molecule has 0 aromatic rings. The summed E-state index contributed by atoms with van der Waals surface area (Å²) in [5.74, 6) is 0. The van der Waals surface area contributed by atoms with Crippen molar-refractivity contribution in [2.75, 3.05) is 26.3 Å². The Morgan fingerprint density at radius 3 is 2.75 bits per heavy atom. The van der Waals surface area contributed by atoms with Crippen molar-refractivity contribution in [2.24, 2.45) is 0 Å². The molecule has 2 heteroatoms. The third-order valence-corrected chi connectivity index (χ3v) is 4.18. The smallest absolute Gasteiger partial charge is 0.0510 e. The van der Waals surface area contributed by atoms with Crippen molar-refractivity contribution >= 4 is 0 Å². The standard InChI is InChI=1S/C14H28N2/c1-2-3-4-5-7-10-15-12-14-9-6-8-11-16(14)13-15/h14H,2-13H2,1H3. The van der Waals surface area contributed by atoms with Crippen LogP contribution in [-0.4, -0.2) is 42.1 Å². The molecule has 2 heterocycles. The van der Waals surface area contributed by atoms with Crippen LogP contribution >= 0.6 is 0 Å². The molecule has 0 N–H and O–H groups in total. The van der Waals surface area contributed by atoms with Crippen LogP contribution in [0.2, 0.25) is 0 Å². The summed E-state index contributed by atoms with van der Waals surface area (Å²) in [7, 11) is 0. The fourth-order valence-corrected chi connectivity index (χ4v) is 3.17. The van der Waals surface area contributed by atoms with Crippen molar-refractivity contribution in [2.45, 2.75) is 64.3 Å². The third-order valence-electron chi connectivity index (χ3n) is 4.18. The molecule has 2 rings (SSSR count). The van der Waals surface area contributed by atoms with Gasteiger partial charge in [-0.15, -0.1) is 0 Å². The van der Waals surface area contributed by atoms with Crippen LogP contribution in [0.25, 0.3) is 0 Å². The Hall–Kier alpha value is -0.0800. The van der Waals surface area contributed by atoms with Gasteiger partial charge < -0.3 is 0 Å². The summed E-state index contributed by atoms with van der Waals surface area (Å²) in [6.45, 7) is 7.61. The first-order valence-corrected chi connectivity index (χ1v) is 7.36. The maximum atomic E-state index is 2.70. The Morgan fingerprint density at radius 2 is 1.94 bits per heavy atom. The van der Waals surface area contributed by atoms with E-state index in [0.717, 1.165) is 6.04 Å². The third kappa shape index (κ3) is 3.46. The summed E-state index contributed by atoms with van der Waals surface area (Å²) in [5, 5.41) is 0. The molecule has 0 saturated carbocycles. The van der Waals surface area contributed by atoms with E-state index in [1.54, 1.807) is 0 Å². The summed E-state index contributed by atoms with van der Waals surface area (Å²) in [5.41, 5.74) is 0. The first kappa shape index (κ1) is 12.4. The van der Waals surface area contributed by atoms with E-state index in [-0.39, 0.29) is 0 Å². The molecule has 0 radical (unpaired) electrons. The Bertz CT molecular complexity index is 179. The highest BCUT2D eigenvalue weighted by atomic mass is 15.4. The minimum absolute atomic E-state index is 0.907. The van der Waals surface area contributed by atoms with Crippen molar-refractivity contribution in [3.05, 3.63) is 0 Å². The number of rotatable bonds is 6. The predicted octanol–water partition coefficient (Wildman–Crippen LogP) is 3.08. The van der Waals surface area contributed by atoms with Gasteiger partial charge in [0, 0.05) is 12.6 Å². The molecule has 2 nitrogen and oxygen atoms in total. The van der Waals surface area contributed by atoms with Gasteiger partial charge >= 0.3 is 0 Å². The second-order valence-electron chi connectivity index (χ2n) is 5.59. The van der Waals surface area contributed by atoms with Crippen LogP contribution in [0.4, 0.5) is 0 Å². The molecular formula is C14H28N2. The van der Waals surface area contributed by atoms with E-state index in [4.69, 9.17) is 0 Å². The molecule has 2 saturated heterocycles. The minimum atomic E-state index is 0.907. The SMILES string of the molecule is CCCCCCCN1CC2CCCCN2C1. The fourth-order valence-electron chi connectivity index (χ4n) is 3.17. The number of hydrogen-bond donors (Lipinski definition) is 0. The molecule has 2 aliphatic heterocycles. The predicted molar refractivity (Wildman–Crippen MR) is 69.5 cm³/mol. The van der Waals surface area contributed by atoms with Crippen molar-refractivity contribution < 1.29 is 0 Å². The highest BCUT2D eigenvalue weighted by molar-refractivity contribution is 4.85. The topological polar surface area (TPSA) is 6.48 Å². The van der Waals surface area contributed by atoms with Gasteiger partial charge in [0.2, 0.25) is 0 Å². The Kier molecular flexibility index (Phi) is 5.11. The number of piperidine rings is 1. The molecule has 2 fully saturated rings. The second-order valence-corrected chi connectivity index (χ2v) is 5.59. The number of fused-ring (bicyclic) bond motifs is 1. The molecular weight excluding hydrogens is 196 g/mol. The molecule has 1 unspecified atom stereocenters. The second kappa shape index (κ2) is 6.61. The fraction of sp³-hybridized carbons (Fsp3) is 1.00. The average molecular weight is 224 g/mol. The van der Waals surface area contributed by atoms with Crippen LogP contribution in [0.5, 0.6) is 0 Å². The van der Waals surface area contributed by atoms with Gasteiger partial charge in [0.25, 0.3) is 0 Å². The molecule has 0 aromatic heterocycles. The zero-order valence-electron chi connectivity index (χ0n) is 11.0. The molecule has 0 aliphatic carbocycles. The molecule has 0 bridgehead atoms. The van der Waals surface area contributed by atoms with Crippen molar-refractivity contribution in [1.82, 2.24) is 9.80 Å². The molecule has 1 atom stereocenters. The minimum Gasteiger partial charge on any atom is -0.289 e. The van der Waals surface area contributed by atoms with Crippen molar-refractivity contribution in [3.8, 4) is 0 Å². The maximum Gasteiger partial charge on any atom is 0.0510 e. The van der Waals surface area contributed by atoms with Gasteiger partial charge in [-0.25, -0.2) is 0 Å². The highest BCUT2D eigenvalue weighted by Gasteiger charge is 2.31. The lowest BCUT2D eigenvalue weighted by atomic mass is 10.0. The van der Waals surface area contributed by atoms with Crippen LogP contribution in [0, 0.1) is 0 Å². The summed E-state index contributed by atoms with van der Waals surface area (Å²) >= 11 is 0. The largest absolute Gasteiger partial charge is 0.289 e. The molecule has 16 heavy (non-hydrogen) atoms. The number of hydrogen-bond acceptors (Lipinski definition) is 2. The monoisotopic (exact) mass is 224 g/mol. The summed E-state index contributed by atoms with van der Waals surface area (Å²) in [4.78, 5) is 5.39. The van der Waals surface area contributed by atoms with Gasteiger partial charge in [-0.3, -0.25) is 9.80 Å². The number of nitrogens with zero attached hydrogens (tertiary/aromatic N) is 2. The van der Waals surface area contributed by atoms with E-state index in [1.807, 2.05) is 0 Å². The van der Waals surface area contributed by atoms with Crippen LogP contribution in [0.3, 0.4) is 0 Å². The Morgan fingerprint density at radius 1 is 1.06 bits per heavy atom. The van der Waals surface area contributed by atoms with Gasteiger partial charge in [0.15, 0.2) is 0 Å². The Balaban J connectivity index is 1.57. The first-order chi connectivity index (χ1) is 7.90. The van der Waals surface area contributed by atoms with Crippen molar-refractivity contribution in [3.63, 3.8) is 0 Å². The lowest BCUT2D eigenvalue weighted by Gasteiger charge is -2.27. The van der Waals surface area contributed by atoms with E-state index in [0.29, 0.717) is 0 Å². The average Bonchev–Trinajstić information content (AvgIpc) is 2.71. The van der Waals surface area contributed by atoms with Gasteiger partial charge in [-0.2, -0.15) is 0 Å². The molecule has 0 amide bonds. The quantitative estimate of drug-likeness (QED) is 0.640. The van der Waals surface area contributed by atoms with Gasteiger partial charge in [0.1, 0.15) is 0 Å². The molecule has 2 aliphatic rings. The van der Waals surface area contributed by atoms with Gasteiger partial charge in [-0.1, -0.05) is 39.0 Å². The van der Waals surface area contributed by atoms with Gasteiger partial charge in [-0.05, 0) is 32.4 Å². The lowest BCUT2D eigenvalue weighted by molar-refractivity contribution is 0.184. The normalized spacial score (nSPS) is 27.2. The molecule has 0 spiro atoms. The lowest BCUT2D eigenvalue weighted by Crippen LogP contribution is -2.35. The zero-order valence-corrected chi connectivity index (χ0v) is 11.0. The van der Waals surface area contributed by atoms with Crippen molar-refractivity contribution in [1.29, 1.82) is 0 Å². The Labute approximate surface area is 101 Å². The summed E-state index contributed by atoms with van der Waals surface area (Å²) in [6, 6.07) is 0.907. The van der Waals surface area contributed by atoms with Crippen LogP contribution in [-0.2, 0) is 0 Å². The van der Waals surface area contributed by atoms with E-state index in [1.165, 1.54) is 77.7 Å². The van der Waals surface area contributed by atoms with Crippen LogP contribution in [0.15, 0.2) is 0 Å². The first-order valence-electron chi connectivity index (χ1n) is 7.36. The molecule has 0 aromatic carbocycles. The van der Waals surface area contributed by atoms with E-state index < -0.39 is 0 Å².